The van der Waals surface area contributed by atoms with Crippen molar-refractivity contribution in [3.05, 3.63) is 45.7 Å². The van der Waals surface area contributed by atoms with Gasteiger partial charge >= 0.3 is 0 Å². The molecule has 9 nitrogen and oxygen atoms in total. The van der Waals surface area contributed by atoms with Gasteiger partial charge in [-0.05, 0) is 37.6 Å². The average Bonchev–Trinajstić information content (AvgIpc) is 3.35. The van der Waals surface area contributed by atoms with Gasteiger partial charge in [0, 0.05) is 30.6 Å². The highest BCUT2D eigenvalue weighted by Crippen LogP contribution is 2.23. The first-order valence-corrected chi connectivity index (χ1v) is 11.7. The minimum Gasteiger partial charge on any atom is -0.352 e. The van der Waals surface area contributed by atoms with Crippen LogP contribution in [0.3, 0.4) is 0 Å². The lowest BCUT2D eigenvalue weighted by Crippen LogP contribution is -2.26. The van der Waals surface area contributed by atoms with E-state index in [9.17, 15) is 9.59 Å². The van der Waals surface area contributed by atoms with Crippen molar-refractivity contribution in [1.82, 2.24) is 30.3 Å². The highest BCUT2D eigenvalue weighted by Gasteiger charge is 2.20. The van der Waals surface area contributed by atoms with Gasteiger partial charge < -0.3 is 9.88 Å². The number of nitrogens with one attached hydrogen (secondary N) is 2. The monoisotopic (exact) mass is 479 g/mol. The van der Waals surface area contributed by atoms with E-state index in [1.807, 2.05) is 18.5 Å². The molecule has 12 heteroatoms. The second-order valence-corrected chi connectivity index (χ2v) is 9.38. The van der Waals surface area contributed by atoms with Crippen molar-refractivity contribution < 1.29 is 9.59 Å². The van der Waals surface area contributed by atoms with Crippen LogP contribution in [0.15, 0.2) is 29.4 Å². The molecule has 0 aliphatic rings. The molecule has 0 unspecified atom stereocenters. The van der Waals surface area contributed by atoms with Crippen molar-refractivity contribution in [2.45, 2.75) is 37.1 Å². The number of carbonyl (C=O) groups is 2. The number of benzene rings is 1. The van der Waals surface area contributed by atoms with Crippen LogP contribution < -0.4 is 10.6 Å². The van der Waals surface area contributed by atoms with Crippen molar-refractivity contribution in [2.24, 2.45) is 7.05 Å². The van der Waals surface area contributed by atoms with Crippen LogP contribution in [-0.2, 0) is 24.7 Å². The number of anilines is 1. The first-order chi connectivity index (χ1) is 14.9. The minimum atomic E-state index is -0.394. The maximum Gasteiger partial charge on any atom is 0.251 e. The maximum absolute atomic E-state index is 12.4. The van der Waals surface area contributed by atoms with Crippen LogP contribution >= 0.6 is 34.7 Å². The van der Waals surface area contributed by atoms with Gasteiger partial charge in [-0.1, -0.05) is 41.6 Å². The van der Waals surface area contributed by atoms with E-state index in [0.29, 0.717) is 39.7 Å². The normalized spacial score (nSPS) is 11.9. The third-order valence-corrected chi connectivity index (χ3v) is 6.69. The van der Waals surface area contributed by atoms with Gasteiger partial charge in [0.25, 0.3) is 5.91 Å². The lowest BCUT2D eigenvalue weighted by atomic mass is 10.2. The molecular formula is C19H22ClN7O2S2. The Hall–Kier alpha value is -2.50. The van der Waals surface area contributed by atoms with Gasteiger partial charge in [0.1, 0.15) is 10.8 Å². The molecule has 3 rings (SSSR count). The van der Waals surface area contributed by atoms with E-state index < -0.39 is 5.25 Å². The SMILES string of the molecule is CCc1nnc(NC(=O)[C@@H](C)Sc2nnc(CCNC(=O)c3ccc(Cl)cc3)n2C)s1. The van der Waals surface area contributed by atoms with Crippen LogP contribution in [0.4, 0.5) is 5.13 Å². The Balaban J connectivity index is 1.50. The van der Waals surface area contributed by atoms with Gasteiger partial charge in [-0.25, -0.2) is 0 Å². The van der Waals surface area contributed by atoms with E-state index in [1.54, 1.807) is 31.2 Å². The fraction of sp³-hybridized carbons (Fsp3) is 0.368. The van der Waals surface area contributed by atoms with Crippen molar-refractivity contribution in [1.29, 1.82) is 0 Å². The van der Waals surface area contributed by atoms with Crippen LogP contribution in [0.5, 0.6) is 0 Å². The Morgan fingerprint density at radius 1 is 1.19 bits per heavy atom. The molecule has 31 heavy (non-hydrogen) atoms. The smallest absolute Gasteiger partial charge is 0.251 e. The van der Waals surface area contributed by atoms with Gasteiger partial charge in [-0.2, -0.15) is 0 Å². The molecule has 1 atom stereocenters. The standard InChI is InChI=1S/C19H22ClN7O2S2/c1-4-15-24-25-18(31-15)22-16(28)11(2)30-19-26-23-14(27(19)3)9-10-21-17(29)12-5-7-13(20)8-6-12/h5-8,11H,4,9-10H2,1-3H3,(H,21,29)(H,22,25,28)/t11-/m1/s1. The first kappa shape index (κ1) is 23.2. The van der Waals surface area contributed by atoms with E-state index in [2.05, 4.69) is 31.0 Å². The summed E-state index contributed by atoms with van der Waals surface area (Å²) in [6, 6.07) is 6.69. The topological polar surface area (TPSA) is 115 Å². The van der Waals surface area contributed by atoms with Crippen LogP contribution in [0.1, 0.15) is 35.0 Å². The van der Waals surface area contributed by atoms with Crippen LogP contribution in [0, 0.1) is 0 Å². The van der Waals surface area contributed by atoms with Gasteiger partial charge in [-0.3, -0.25) is 14.9 Å². The Kier molecular flexibility index (Phi) is 7.99. The van der Waals surface area contributed by atoms with E-state index in [-0.39, 0.29) is 11.8 Å². The molecule has 2 aromatic heterocycles. The number of hydrogen-bond donors (Lipinski definition) is 2. The average molecular weight is 480 g/mol. The molecule has 2 heterocycles. The molecule has 0 saturated heterocycles. The summed E-state index contributed by atoms with van der Waals surface area (Å²) in [5.41, 5.74) is 0.542. The molecule has 0 saturated carbocycles. The highest BCUT2D eigenvalue weighted by atomic mass is 35.5. The number of hydrogen-bond acceptors (Lipinski definition) is 8. The number of nitrogens with zero attached hydrogens (tertiary/aromatic N) is 5. The van der Waals surface area contributed by atoms with E-state index in [0.717, 1.165) is 11.4 Å². The second kappa shape index (κ2) is 10.7. The van der Waals surface area contributed by atoms with Crippen molar-refractivity contribution in [3.63, 3.8) is 0 Å². The van der Waals surface area contributed by atoms with Crippen molar-refractivity contribution in [3.8, 4) is 0 Å². The van der Waals surface area contributed by atoms with Gasteiger partial charge in [0.2, 0.25) is 11.0 Å². The number of halogens is 1. The molecule has 2 N–H and O–H groups in total. The Morgan fingerprint density at radius 2 is 1.94 bits per heavy atom. The molecule has 0 aliphatic heterocycles. The first-order valence-electron chi connectivity index (χ1n) is 9.59. The minimum absolute atomic E-state index is 0.177. The molecule has 0 bridgehead atoms. The summed E-state index contributed by atoms with van der Waals surface area (Å²) in [5, 5.41) is 24.1. The lowest BCUT2D eigenvalue weighted by Gasteiger charge is -2.10. The van der Waals surface area contributed by atoms with Crippen LogP contribution in [0.25, 0.3) is 0 Å². The Bertz CT molecular complexity index is 1050. The second-order valence-electron chi connectivity index (χ2n) is 6.57. The van der Waals surface area contributed by atoms with E-state index >= 15 is 0 Å². The van der Waals surface area contributed by atoms with Gasteiger partial charge in [0.15, 0.2) is 5.16 Å². The summed E-state index contributed by atoms with van der Waals surface area (Å²) in [5.74, 6) is 0.355. The molecule has 1 aromatic carbocycles. The molecule has 0 aliphatic carbocycles. The number of aryl methyl sites for hydroxylation is 1. The predicted molar refractivity (Wildman–Crippen MR) is 122 cm³/mol. The quantitative estimate of drug-likeness (QED) is 0.453. The van der Waals surface area contributed by atoms with Gasteiger partial charge in [0.05, 0.1) is 5.25 Å². The Labute approximate surface area is 193 Å². The van der Waals surface area contributed by atoms with E-state index in [4.69, 9.17) is 11.6 Å². The summed E-state index contributed by atoms with van der Waals surface area (Å²) in [6.07, 6.45) is 1.29. The maximum atomic E-state index is 12.4. The molecule has 0 fully saturated rings. The van der Waals surface area contributed by atoms with Crippen LogP contribution in [0.2, 0.25) is 5.02 Å². The lowest BCUT2D eigenvalue weighted by molar-refractivity contribution is -0.115. The summed E-state index contributed by atoms with van der Waals surface area (Å²) in [4.78, 5) is 24.6. The van der Waals surface area contributed by atoms with Gasteiger partial charge in [-0.15, -0.1) is 20.4 Å². The largest absolute Gasteiger partial charge is 0.352 e. The summed E-state index contributed by atoms with van der Waals surface area (Å²) in [6.45, 7) is 4.19. The summed E-state index contributed by atoms with van der Waals surface area (Å²) < 4.78 is 1.82. The zero-order chi connectivity index (χ0) is 22.4. The van der Waals surface area contributed by atoms with Crippen LogP contribution in [-0.4, -0.2) is 48.6 Å². The molecule has 3 aromatic rings. The van der Waals surface area contributed by atoms with Crippen molar-refractivity contribution >= 4 is 51.6 Å². The molecule has 0 spiro atoms. The summed E-state index contributed by atoms with van der Waals surface area (Å²) >= 11 is 8.51. The fourth-order valence-electron chi connectivity index (χ4n) is 2.52. The van der Waals surface area contributed by atoms with E-state index in [1.165, 1.54) is 23.1 Å². The molecule has 0 radical (unpaired) electrons. The third kappa shape index (κ3) is 6.25. The number of carbonyl (C=O) groups excluding carboxylic acids is 2. The molecular weight excluding hydrogens is 458 g/mol. The fourth-order valence-corrected chi connectivity index (χ4v) is 4.16. The number of aromatic nitrogens is 5. The highest BCUT2D eigenvalue weighted by molar-refractivity contribution is 8.00. The summed E-state index contributed by atoms with van der Waals surface area (Å²) in [7, 11) is 1.83. The molecule has 2 amide bonds. The van der Waals surface area contributed by atoms with Crippen molar-refractivity contribution in [2.75, 3.05) is 11.9 Å². The third-order valence-electron chi connectivity index (χ3n) is 4.32. The number of thioether (sulfide) groups is 1. The molecule has 164 valence electrons. The number of amides is 2. The number of rotatable bonds is 9. The zero-order valence-electron chi connectivity index (χ0n) is 17.3. The Morgan fingerprint density at radius 3 is 2.61 bits per heavy atom. The predicted octanol–water partition coefficient (Wildman–Crippen LogP) is 2.97. The zero-order valence-corrected chi connectivity index (χ0v) is 19.6.